The molecule has 0 bridgehead atoms. The Hall–Kier alpha value is -2.21. The lowest BCUT2D eigenvalue weighted by atomic mass is 10.1. The number of imidazole rings is 1. The first-order valence-electron chi connectivity index (χ1n) is 7.61. The quantitative estimate of drug-likeness (QED) is 0.849. The molecule has 0 atom stereocenters. The van der Waals surface area contributed by atoms with E-state index in [2.05, 4.69) is 9.97 Å². The van der Waals surface area contributed by atoms with Gasteiger partial charge in [-0.3, -0.25) is 4.79 Å². The molecule has 0 aliphatic rings. The number of aromatic nitrogens is 2. The van der Waals surface area contributed by atoms with Crippen LogP contribution in [0.4, 0.5) is 4.39 Å². The number of hydrogen-bond acceptors (Lipinski definition) is 3. The summed E-state index contributed by atoms with van der Waals surface area (Å²) in [4.78, 5) is 23.7. The predicted octanol–water partition coefficient (Wildman–Crippen LogP) is 1.99. The molecule has 0 saturated carbocycles. The number of halogens is 1. The van der Waals surface area contributed by atoms with E-state index in [4.69, 9.17) is 0 Å². The highest BCUT2D eigenvalue weighted by Crippen LogP contribution is 2.10. The Morgan fingerprint density at radius 3 is 2.70 bits per heavy atom. The van der Waals surface area contributed by atoms with Gasteiger partial charge in [0.25, 0.3) is 0 Å². The molecule has 0 spiro atoms. The van der Waals surface area contributed by atoms with Gasteiger partial charge in [0, 0.05) is 18.8 Å². The number of nitrogens with one attached hydrogen (secondary N) is 1. The lowest BCUT2D eigenvalue weighted by molar-refractivity contribution is -0.131. The Balaban J connectivity index is 2.08. The first kappa shape index (κ1) is 17.1. The van der Waals surface area contributed by atoms with Crippen molar-refractivity contribution in [1.29, 1.82) is 0 Å². The van der Waals surface area contributed by atoms with Crippen molar-refractivity contribution < 1.29 is 9.18 Å². The molecule has 124 valence electrons. The molecule has 1 amide bonds. The normalized spacial score (nSPS) is 11.0. The number of amides is 1. The van der Waals surface area contributed by atoms with E-state index in [-0.39, 0.29) is 18.1 Å². The van der Waals surface area contributed by atoms with Gasteiger partial charge in [-0.15, -0.1) is 0 Å². The number of rotatable bonds is 7. The van der Waals surface area contributed by atoms with E-state index < -0.39 is 0 Å². The third-order valence-electron chi connectivity index (χ3n) is 3.69. The van der Waals surface area contributed by atoms with Gasteiger partial charge >= 0.3 is 0 Å². The van der Waals surface area contributed by atoms with Crippen LogP contribution in [0.2, 0.25) is 0 Å². The molecule has 0 aliphatic carbocycles. The second kappa shape index (κ2) is 7.87. The van der Waals surface area contributed by atoms with Gasteiger partial charge in [-0.1, -0.05) is 12.1 Å². The van der Waals surface area contributed by atoms with Gasteiger partial charge < -0.3 is 14.8 Å². The average molecular weight is 318 g/mol. The number of H-pyrrole nitrogens is 1. The Morgan fingerprint density at radius 2 is 2.09 bits per heavy atom. The van der Waals surface area contributed by atoms with E-state index in [0.717, 1.165) is 17.9 Å². The van der Waals surface area contributed by atoms with Crippen LogP contribution < -0.4 is 0 Å². The average Bonchev–Trinajstić information content (AvgIpc) is 2.88. The molecule has 1 aromatic heterocycles. The second-order valence-electron chi connectivity index (χ2n) is 5.90. The second-order valence-corrected chi connectivity index (χ2v) is 5.90. The highest BCUT2D eigenvalue weighted by atomic mass is 19.1. The molecule has 0 aliphatic heterocycles. The minimum Gasteiger partial charge on any atom is -0.348 e. The van der Waals surface area contributed by atoms with Crippen molar-refractivity contribution in [3.63, 3.8) is 0 Å². The van der Waals surface area contributed by atoms with Crippen LogP contribution in [0.15, 0.2) is 30.6 Å². The van der Waals surface area contributed by atoms with Gasteiger partial charge in [-0.2, -0.15) is 0 Å². The molecule has 5 nitrogen and oxygen atoms in total. The van der Waals surface area contributed by atoms with Gasteiger partial charge in [0.1, 0.15) is 5.82 Å². The van der Waals surface area contributed by atoms with E-state index >= 15 is 0 Å². The summed E-state index contributed by atoms with van der Waals surface area (Å²) in [6.45, 7) is 3.76. The van der Waals surface area contributed by atoms with E-state index in [1.165, 1.54) is 12.1 Å². The van der Waals surface area contributed by atoms with Crippen LogP contribution in [0.25, 0.3) is 0 Å². The van der Waals surface area contributed by atoms with E-state index in [9.17, 15) is 9.18 Å². The van der Waals surface area contributed by atoms with Gasteiger partial charge in [0.2, 0.25) is 5.91 Å². The fourth-order valence-electron chi connectivity index (χ4n) is 2.27. The number of aryl methyl sites for hydroxylation is 1. The van der Waals surface area contributed by atoms with Crippen molar-refractivity contribution in [1.82, 2.24) is 19.8 Å². The monoisotopic (exact) mass is 318 g/mol. The number of carbonyl (C=O) groups is 1. The Morgan fingerprint density at radius 1 is 1.30 bits per heavy atom. The maximum absolute atomic E-state index is 13.3. The molecule has 1 aromatic carbocycles. The molecule has 23 heavy (non-hydrogen) atoms. The maximum atomic E-state index is 13.3. The third-order valence-corrected chi connectivity index (χ3v) is 3.69. The van der Waals surface area contributed by atoms with Crippen molar-refractivity contribution in [2.75, 3.05) is 27.2 Å². The number of hydrogen-bond donors (Lipinski definition) is 1. The summed E-state index contributed by atoms with van der Waals surface area (Å²) in [7, 11) is 3.93. The van der Waals surface area contributed by atoms with Crippen molar-refractivity contribution in [3.8, 4) is 0 Å². The SMILES string of the molecule is Cc1[nH]cnc1CN(CCN(C)C)C(=O)Cc1cccc(F)c1. The summed E-state index contributed by atoms with van der Waals surface area (Å²) in [5.74, 6) is -0.349. The maximum Gasteiger partial charge on any atom is 0.227 e. The number of likely N-dealkylation sites (N-methyl/N-ethyl adjacent to an activating group) is 1. The molecular weight excluding hydrogens is 295 g/mol. The van der Waals surface area contributed by atoms with Crippen LogP contribution in [-0.2, 0) is 17.8 Å². The number of carbonyl (C=O) groups excluding carboxylic acids is 1. The fraction of sp³-hybridized carbons (Fsp3) is 0.412. The molecule has 0 radical (unpaired) electrons. The van der Waals surface area contributed by atoms with Crippen LogP contribution in [0.3, 0.4) is 0 Å². The summed E-state index contributed by atoms with van der Waals surface area (Å²) < 4.78 is 13.3. The van der Waals surface area contributed by atoms with Crippen molar-refractivity contribution in [2.45, 2.75) is 19.9 Å². The summed E-state index contributed by atoms with van der Waals surface area (Å²) in [6.07, 6.45) is 1.82. The van der Waals surface area contributed by atoms with Crippen molar-refractivity contribution in [3.05, 3.63) is 53.4 Å². The van der Waals surface area contributed by atoms with E-state index in [1.807, 2.05) is 25.9 Å². The van der Waals surface area contributed by atoms with Gasteiger partial charge in [0.05, 0.1) is 25.0 Å². The lowest BCUT2D eigenvalue weighted by Gasteiger charge is -2.24. The molecule has 0 unspecified atom stereocenters. The highest BCUT2D eigenvalue weighted by Gasteiger charge is 2.17. The summed E-state index contributed by atoms with van der Waals surface area (Å²) in [5.41, 5.74) is 2.50. The molecule has 0 fully saturated rings. The van der Waals surface area contributed by atoms with Crippen molar-refractivity contribution >= 4 is 5.91 Å². The molecule has 1 N–H and O–H groups in total. The van der Waals surface area contributed by atoms with E-state index in [0.29, 0.717) is 18.7 Å². The zero-order chi connectivity index (χ0) is 16.8. The number of nitrogens with zero attached hydrogens (tertiary/aromatic N) is 3. The fourth-order valence-corrected chi connectivity index (χ4v) is 2.27. The number of aromatic amines is 1. The Bertz CT molecular complexity index is 654. The van der Waals surface area contributed by atoms with Gasteiger partial charge in [-0.05, 0) is 38.7 Å². The summed E-state index contributed by atoms with van der Waals surface area (Å²) >= 11 is 0. The minimum atomic E-state index is -0.321. The lowest BCUT2D eigenvalue weighted by Crippen LogP contribution is -2.37. The zero-order valence-electron chi connectivity index (χ0n) is 13.8. The molecule has 1 heterocycles. The smallest absolute Gasteiger partial charge is 0.227 e. The van der Waals surface area contributed by atoms with Crippen LogP contribution in [-0.4, -0.2) is 52.9 Å². The largest absolute Gasteiger partial charge is 0.348 e. The Kier molecular flexibility index (Phi) is 5.87. The standard InChI is InChI=1S/C17H23FN4O/c1-13-16(20-12-19-13)11-22(8-7-21(2)3)17(23)10-14-5-4-6-15(18)9-14/h4-6,9,12H,7-8,10-11H2,1-3H3,(H,19,20). The predicted molar refractivity (Wildman–Crippen MR) is 87.4 cm³/mol. The summed E-state index contributed by atoms with van der Waals surface area (Å²) in [5, 5.41) is 0. The van der Waals surface area contributed by atoms with E-state index in [1.54, 1.807) is 23.4 Å². The molecule has 2 rings (SSSR count). The van der Waals surface area contributed by atoms with Crippen molar-refractivity contribution in [2.24, 2.45) is 0 Å². The third kappa shape index (κ3) is 5.17. The van der Waals surface area contributed by atoms with Crippen LogP contribution in [0.1, 0.15) is 17.0 Å². The Labute approximate surface area is 136 Å². The first-order chi connectivity index (χ1) is 11.0. The summed E-state index contributed by atoms with van der Waals surface area (Å²) in [6, 6.07) is 6.18. The van der Waals surface area contributed by atoms with Gasteiger partial charge in [-0.25, -0.2) is 9.37 Å². The molecule has 6 heteroatoms. The van der Waals surface area contributed by atoms with Crippen LogP contribution >= 0.6 is 0 Å². The first-order valence-corrected chi connectivity index (χ1v) is 7.61. The van der Waals surface area contributed by atoms with Crippen LogP contribution in [0, 0.1) is 12.7 Å². The molecular formula is C17H23FN4O. The van der Waals surface area contributed by atoms with Crippen LogP contribution in [0.5, 0.6) is 0 Å². The topological polar surface area (TPSA) is 52.2 Å². The van der Waals surface area contributed by atoms with Gasteiger partial charge in [0.15, 0.2) is 0 Å². The minimum absolute atomic E-state index is 0.0279. The zero-order valence-corrected chi connectivity index (χ0v) is 13.8. The number of benzene rings is 1. The molecule has 0 saturated heterocycles. The molecule has 2 aromatic rings. The highest BCUT2D eigenvalue weighted by molar-refractivity contribution is 5.78.